The van der Waals surface area contributed by atoms with Crippen LogP contribution >= 0.6 is 11.3 Å². The van der Waals surface area contributed by atoms with E-state index in [0.29, 0.717) is 46.3 Å². The number of benzene rings is 1. The van der Waals surface area contributed by atoms with Gasteiger partial charge in [0.2, 0.25) is 23.0 Å². The molecule has 0 saturated carbocycles. The monoisotopic (exact) mass is 552 g/mol. The fourth-order valence-corrected chi connectivity index (χ4v) is 5.42. The van der Waals surface area contributed by atoms with Crippen LogP contribution in [0, 0.1) is 6.92 Å². The molecule has 0 bridgehead atoms. The van der Waals surface area contributed by atoms with Crippen LogP contribution in [0.25, 0.3) is 11.1 Å². The highest BCUT2D eigenvalue weighted by atomic mass is 32.1. The fraction of sp³-hybridized carbons (Fsp3) is 0.357. The van der Waals surface area contributed by atoms with Crippen LogP contribution in [0.15, 0.2) is 35.3 Å². The van der Waals surface area contributed by atoms with Crippen LogP contribution in [0.4, 0.5) is 10.8 Å². The van der Waals surface area contributed by atoms with E-state index in [0.717, 1.165) is 16.0 Å². The number of methoxy groups -OCH3 is 3. The Morgan fingerprint density at radius 1 is 1.10 bits per heavy atom. The van der Waals surface area contributed by atoms with E-state index in [1.54, 1.807) is 39.5 Å². The zero-order valence-electron chi connectivity index (χ0n) is 22.8. The number of ether oxygens (including phenoxy) is 3. The third-order valence-electron chi connectivity index (χ3n) is 6.53. The van der Waals surface area contributed by atoms with Crippen LogP contribution in [-0.4, -0.2) is 44.2 Å². The van der Waals surface area contributed by atoms with E-state index in [1.807, 2.05) is 13.0 Å². The lowest BCUT2D eigenvalue weighted by molar-refractivity contribution is -0.119. The molecular weight excluding hydrogens is 520 g/mol. The zero-order valence-corrected chi connectivity index (χ0v) is 23.6. The summed E-state index contributed by atoms with van der Waals surface area (Å²) in [5.41, 5.74) is 2.95. The maximum atomic E-state index is 13.5. The Kier molecular flexibility index (Phi) is 8.39. The number of thiazole rings is 1. The second-order valence-electron chi connectivity index (χ2n) is 9.23. The van der Waals surface area contributed by atoms with Gasteiger partial charge in [-0.2, -0.15) is 0 Å². The molecule has 2 amide bonds. The molecule has 11 heteroatoms. The first-order valence-corrected chi connectivity index (χ1v) is 13.3. The van der Waals surface area contributed by atoms with E-state index in [9.17, 15) is 14.4 Å². The Labute approximate surface area is 230 Å². The summed E-state index contributed by atoms with van der Waals surface area (Å²) in [5.74, 6) is 0.889. The molecule has 0 spiro atoms. The van der Waals surface area contributed by atoms with Gasteiger partial charge in [0.15, 0.2) is 16.6 Å². The van der Waals surface area contributed by atoms with Gasteiger partial charge in [0.05, 0.1) is 33.1 Å². The molecule has 2 aromatic carbocycles. The maximum absolute atomic E-state index is 13.5. The number of nitrogens with zero attached hydrogens (tertiary/aromatic N) is 1. The summed E-state index contributed by atoms with van der Waals surface area (Å²) in [6.45, 7) is 5.02. The first-order valence-electron chi connectivity index (χ1n) is 12.4. The molecule has 206 valence electrons. The number of rotatable bonds is 8. The van der Waals surface area contributed by atoms with Gasteiger partial charge in [0.25, 0.3) is 0 Å². The van der Waals surface area contributed by atoms with Crippen molar-refractivity contribution in [2.24, 2.45) is 0 Å². The Balaban J connectivity index is 1.82. The summed E-state index contributed by atoms with van der Waals surface area (Å²) in [4.78, 5) is 43.5. The third kappa shape index (κ3) is 5.83. The van der Waals surface area contributed by atoms with Gasteiger partial charge in [-0.15, -0.1) is 11.3 Å². The molecule has 1 aliphatic rings. The minimum Gasteiger partial charge on any atom is -0.493 e. The molecule has 0 fully saturated rings. The number of aryl methyl sites for hydroxylation is 2. The normalized spacial score (nSPS) is 14.7. The summed E-state index contributed by atoms with van der Waals surface area (Å²) in [6.07, 6.45) is 2.83. The smallest absolute Gasteiger partial charge is 0.248 e. The minimum atomic E-state index is -0.721. The van der Waals surface area contributed by atoms with Crippen LogP contribution < -0.4 is 35.6 Å². The van der Waals surface area contributed by atoms with Crippen molar-refractivity contribution in [1.29, 1.82) is 0 Å². The van der Waals surface area contributed by atoms with Crippen molar-refractivity contribution < 1.29 is 23.8 Å². The van der Waals surface area contributed by atoms with Crippen molar-refractivity contribution in [3.63, 3.8) is 0 Å². The van der Waals surface area contributed by atoms with E-state index >= 15 is 0 Å². The average molecular weight is 553 g/mol. The molecule has 39 heavy (non-hydrogen) atoms. The van der Waals surface area contributed by atoms with E-state index in [1.165, 1.54) is 31.4 Å². The second kappa shape index (κ2) is 11.7. The van der Waals surface area contributed by atoms with E-state index in [2.05, 4.69) is 20.9 Å². The lowest BCUT2D eigenvalue weighted by Gasteiger charge is -2.19. The van der Waals surface area contributed by atoms with Crippen molar-refractivity contribution in [1.82, 2.24) is 10.3 Å². The number of fused-ring (bicyclic) bond motifs is 3. The Morgan fingerprint density at radius 3 is 2.46 bits per heavy atom. The van der Waals surface area contributed by atoms with Gasteiger partial charge in [-0.05, 0) is 61.6 Å². The number of amides is 2. The average Bonchev–Trinajstić information content (AvgIpc) is 3.17. The number of nitrogens with one attached hydrogen (secondary N) is 3. The van der Waals surface area contributed by atoms with Crippen LogP contribution in [0.5, 0.6) is 17.2 Å². The van der Waals surface area contributed by atoms with Crippen molar-refractivity contribution in [3.05, 3.63) is 56.7 Å². The molecule has 4 rings (SSSR count). The highest BCUT2D eigenvalue weighted by Gasteiger charge is 2.29. The summed E-state index contributed by atoms with van der Waals surface area (Å²) >= 11 is 1.37. The summed E-state index contributed by atoms with van der Waals surface area (Å²) in [7, 11) is 4.64. The lowest BCUT2D eigenvalue weighted by Crippen LogP contribution is -2.33. The SMILES string of the molecule is COc1cc2c(c(OC)c1OC)-c1ccc(N[C@@H](C)C(=O)Nc3ncc(C)s3)c(=O)cc1[C@@H](NC(C)=O)CC2. The number of hydrogen-bond acceptors (Lipinski definition) is 9. The molecule has 10 nitrogen and oxygen atoms in total. The van der Waals surface area contributed by atoms with Crippen molar-refractivity contribution in [2.75, 3.05) is 32.0 Å². The predicted molar refractivity (Wildman–Crippen MR) is 151 cm³/mol. The summed E-state index contributed by atoms with van der Waals surface area (Å²) in [5, 5.41) is 9.28. The van der Waals surface area contributed by atoms with E-state index < -0.39 is 12.1 Å². The standard InChI is InChI=1S/C28H32N4O6S/c1-14-13-29-28(39-14)32-27(35)15(2)30-21-10-8-18-19(12-22(21)34)20(31-16(3)33)9-7-17-11-23(36-4)25(37-5)26(38-6)24(17)18/h8,10-13,15,20H,7,9H2,1-6H3,(H,30,34)(H,31,33)(H,29,32,35)/t15-,20-/m0/s1. The molecule has 0 aliphatic heterocycles. The molecule has 1 heterocycles. The topological polar surface area (TPSA) is 128 Å². The zero-order chi connectivity index (χ0) is 28.3. The molecule has 1 aliphatic carbocycles. The quantitative estimate of drug-likeness (QED) is 0.382. The number of carbonyl (C=O) groups is 2. The molecule has 2 atom stereocenters. The minimum absolute atomic E-state index is 0.209. The van der Waals surface area contributed by atoms with Crippen molar-refractivity contribution >= 4 is 34.0 Å². The van der Waals surface area contributed by atoms with Crippen LogP contribution in [0.2, 0.25) is 0 Å². The van der Waals surface area contributed by atoms with Gasteiger partial charge in [-0.1, -0.05) is 6.07 Å². The highest BCUT2D eigenvalue weighted by molar-refractivity contribution is 7.15. The van der Waals surface area contributed by atoms with Gasteiger partial charge < -0.3 is 30.2 Å². The van der Waals surface area contributed by atoms with Gasteiger partial charge in [0, 0.05) is 23.6 Å². The molecule has 3 aromatic rings. The maximum Gasteiger partial charge on any atom is 0.248 e. The van der Waals surface area contributed by atoms with Crippen LogP contribution in [-0.2, 0) is 16.0 Å². The number of anilines is 2. The largest absolute Gasteiger partial charge is 0.493 e. The predicted octanol–water partition coefficient (Wildman–Crippen LogP) is 4.07. The van der Waals surface area contributed by atoms with Gasteiger partial charge in [-0.25, -0.2) is 4.98 Å². The summed E-state index contributed by atoms with van der Waals surface area (Å²) in [6, 6.07) is 5.72. The van der Waals surface area contributed by atoms with Crippen molar-refractivity contribution in [3.8, 4) is 28.4 Å². The van der Waals surface area contributed by atoms with Crippen molar-refractivity contribution in [2.45, 2.75) is 45.7 Å². The van der Waals surface area contributed by atoms with E-state index in [4.69, 9.17) is 14.2 Å². The Bertz CT molecular complexity index is 1470. The van der Waals surface area contributed by atoms with Crippen LogP contribution in [0.3, 0.4) is 0 Å². The Morgan fingerprint density at radius 2 is 1.85 bits per heavy atom. The molecule has 1 aromatic heterocycles. The third-order valence-corrected chi connectivity index (χ3v) is 7.36. The number of hydrogen-bond donors (Lipinski definition) is 3. The first kappa shape index (κ1) is 27.9. The van der Waals surface area contributed by atoms with Crippen LogP contribution in [0.1, 0.15) is 42.3 Å². The molecule has 3 N–H and O–H groups in total. The summed E-state index contributed by atoms with van der Waals surface area (Å²) < 4.78 is 17.0. The molecule has 0 radical (unpaired) electrons. The first-order chi connectivity index (χ1) is 18.7. The lowest BCUT2D eigenvalue weighted by atomic mass is 9.95. The Hall–Kier alpha value is -4.12. The van der Waals surface area contributed by atoms with Gasteiger partial charge in [-0.3, -0.25) is 14.4 Å². The van der Waals surface area contributed by atoms with Gasteiger partial charge in [0.1, 0.15) is 6.04 Å². The number of aromatic nitrogens is 1. The number of carbonyl (C=O) groups excluding carboxylic acids is 2. The molecule has 0 unspecified atom stereocenters. The van der Waals surface area contributed by atoms with E-state index in [-0.39, 0.29) is 22.9 Å². The second-order valence-corrected chi connectivity index (χ2v) is 10.5. The highest BCUT2D eigenvalue weighted by Crippen LogP contribution is 2.50. The molecular formula is C28H32N4O6S. The fourth-order valence-electron chi connectivity index (χ4n) is 4.75. The van der Waals surface area contributed by atoms with Gasteiger partial charge >= 0.3 is 0 Å². The molecule has 0 saturated heterocycles.